The number of ether oxygens (including phenoxy) is 2. The number of hydrogen-bond acceptors (Lipinski definition) is 13. The maximum absolute atomic E-state index is 14.1. The van der Waals surface area contributed by atoms with E-state index in [9.17, 15) is 29.2 Å². The van der Waals surface area contributed by atoms with Crippen molar-refractivity contribution in [3.8, 4) is 17.6 Å². The predicted molar refractivity (Wildman–Crippen MR) is 230 cm³/mol. The first-order chi connectivity index (χ1) is 30.5. The van der Waals surface area contributed by atoms with E-state index >= 15 is 0 Å². The molecule has 2 saturated heterocycles. The molecule has 63 heavy (non-hydrogen) atoms. The molecule has 16 nitrogen and oxygen atoms in total. The summed E-state index contributed by atoms with van der Waals surface area (Å²) in [6.07, 6.45) is 7.52. The number of fused-ring (bicyclic) bond motifs is 2. The molecule has 2 aliphatic carbocycles. The molecule has 4 aromatic rings. The Labute approximate surface area is 365 Å². The molecule has 2 N–H and O–H groups in total. The fraction of sp³-hybridized carbons (Fsp3) is 0.468. The van der Waals surface area contributed by atoms with E-state index in [2.05, 4.69) is 44.9 Å². The molecule has 5 heterocycles. The van der Waals surface area contributed by atoms with Crippen molar-refractivity contribution in [3.63, 3.8) is 0 Å². The Morgan fingerprint density at radius 2 is 1.63 bits per heavy atom. The number of hydrogen-bond donors (Lipinski definition) is 1. The molecule has 0 bridgehead atoms. The fourth-order valence-corrected chi connectivity index (χ4v) is 10.1. The number of rotatable bonds is 12. The Balaban J connectivity index is 0.776. The van der Waals surface area contributed by atoms with Gasteiger partial charge in [-0.2, -0.15) is 5.26 Å². The lowest BCUT2D eigenvalue weighted by molar-refractivity contribution is -0.155. The number of pyridine rings is 1. The highest BCUT2D eigenvalue weighted by atomic mass is 16.5. The Kier molecular flexibility index (Phi) is 11.5. The number of amides is 5. The molecule has 2 aromatic carbocycles. The van der Waals surface area contributed by atoms with Gasteiger partial charge in [0.15, 0.2) is 11.5 Å². The quantitative estimate of drug-likeness (QED) is 0.186. The van der Waals surface area contributed by atoms with Gasteiger partial charge in [0, 0.05) is 68.6 Å². The molecule has 9 rings (SSSR count). The van der Waals surface area contributed by atoms with Gasteiger partial charge in [0.2, 0.25) is 5.91 Å². The third kappa shape index (κ3) is 8.17. The zero-order valence-corrected chi connectivity index (χ0v) is 35.5. The summed E-state index contributed by atoms with van der Waals surface area (Å²) < 4.78 is 12.8. The second-order valence-corrected chi connectivity index (χ2v) is 17.7. The lowest BCUT2D eigenvalue weighted by Gasteiger charge is -2.46. The van der Waals surface area contributed by atoms with Crippen LogP contribution in [0.25, 0.3) is 10.9 Å². The van der Waals surface area contributed by atoms with Crippen LogP contribution in [0.5, 0.6) is 11.5 Å². The van der Waals surface area contributed by atoms with Crippen molar-refractivity contribution in [1.82, 2.24) is 29.9 Å². The van der Waals surface area contributed by atoms with Crippen molar-refractivity contribution in [1.29, 1.82) is 5.26 Å². The minimum Gasteiger partial charge on any atom is -0.490 e. The van der Waals surface area contributed by atoms with Gasteiger partial charge in [-0.25, -0.2) is 0 Å². The van der Waals surface area contributed by atoms with E-state index in [4.69, 9.17) is 15.2 Å². The maximum Gasteiger partial charge on any atom is 0.269 e. The lowest BCUT2D eigenvalue weighted by atomic mass is 9.85. The molecule has 326 valence electrons. The second kappa shape index (κ2) is 17.4. The largest absolute Gasteiger partial charge is 0.490 e. The molecule has 5 aliphatic rings. The first-order valence-corrected chi connectivity index (χ1v) is 22.1. The van der Waals surface area contributed by atoms with Gasteiger partial charge in [-0.3, -0.25) is 43.7 Å². The smallest absolute Gasteiger partial charge is 0.269 e. The van der Waals surface area contributed by atoms with Gasteiger partial charge in [0.1, 0.15) is 29.7 Å². The summed E-state index contributed by atoms with van der Waals surface area (Å²) in [5.74, 6) is -0.0727. The molecular weight excluding hydrogens is 803 g/mol. The first kappa shape index (κ1) is 41.9. The maximum atomic E-state index is 14.1. The van der Waals surface area contributed by atoms with Crippen LogP contribution in [-0.4, -0.2) is 115 Å². The molecule has 0 radical (unpaired) electrons. The van der Waals surface area contributed by atoms with E-state index < -0.39 is 29.7 Å². The summed E-state index contributed by atoms with van der Waals surface area (Å²) >= 11 is 0. The number of nitrogens with zero attached hydrogens (tertiary/aromatic N) is 8. The summed E-state index contributed by atoms with van der Waals surface area (Å²) in [4.78, 5) is 78.0. The number of carbonyl (C=O) groups is 5. The number of benzene rings is 2. The fourth-order valence-electron chi connectivity index (χ4n) is 10.1. The van der Waals surface area contributed by atoms with E-state index in [-0.39, 0.29) is 53.8 Å². The third-order valence-corrected chi connectivity index (χ3v) is 13.6. The number of piperidine rings is 2. The van der Waals surface area contributed by atoms with Crippen molar-refractivity contribution in [2.24, 2.45) is 11.7 Å². The Morgan fingerprint density at radius 3 is 2.33 bits per heavy atom. The number of primary amides is 1. The molecule has 0 spiro atoms. The molecule has 2 saturated carbocycles. The number of nitriles is 1. The molecule has 1 atom stereocenters. The minimum atomic E-state index is -1.07. The standard InChI is InChI=1S/C47H51N9O7/c1-27(2)54(26-28-17-20-53(21-18-28)41-15-12-38(44(49)58)51-52-41)31-22-34(23-31)62-33-10-11-35-37(24-33)46(60)56(45(35)59)39-13-16-42(57)55(47(39)61)30-6-8-32(9-7-30)63-40-14-5-29(25-48)43-36(40)4-3-19-50-43/h3-5,10-12,14-15,19,24,27-28,30-32,34,39H,6-9,13,16-18,20-23,26H2,1-2H3,(H2,49,58). The lowest BCUT2D eigenvalue weighted by Crippen LogP contribution is -2.59. The summed E-state index contributed by atoms with van der Waals surface area (Å²) in [7, 11) is 0. The van der Waals surface area contributed by atoms with Gasteiger partial charge in [-0.05, 0) is 119 Å². The normalized spacial score (nSPS) is 24.2. The third-order valence-electron chi connectivity index (χ3n) is 13.6. The number of aromatic nitrogens is 3. The second-order valence-electron chi connectivity index (χ2n) is 17.7. The summed E-state index contributed by atoms with van der Waals surface area (Å²) in [6, 6.07) is 16.9. The van der Waals surface area contributed by atoms with Crippen LogP contribution in [0.2, 0.25) is 0 Å². The average Bonchev–Trinajstić information content (AvgIpc) is 3.52. The highest BCUT2D eigenvalue weighted by Gasteiger charge is 2.49. The topological polar surface area (TPSA) is 205 Å². The molecule has 1 unspecified atom stereocenters. The zero-order chi connectivity index (χ0) is 43.9. The van der Waals surface area contributed by atoms with Crippen LogP contribution in [0.1, 0.15) is 115 Å². The summed E-state index contributed by atoms with van der Waals surface area (Å²) in [5, 5.41) is 18.4. The minimum absolute atomic E-state index is 0.0399. The molecule has 16 heteroatoms. The number of imide groups is 2. The zero-order valence-electron chi connectivity index (χ0n) is 35.5. The van der Waals surface area contributed by atoms with Crippen molar-refractivity contribution >= 4 is 46.3 Å². The van der Waals surface area contributed by atoms with Gasteiger partial charge < -0.3 is 20.1 Å². The summed E-state index contributed by atoms with van der Waals surface area (Å²) in [5.41, 5.74) is 6.94. The summed E-state index contributed by atoms with van der Waals surface area (Å²) in [6.45, 7) is 7.14. The molecule has 5 amide bonds. The van der Waals surface area contributed by atoms with Crippen LogP contribution in [0.15, 0.2) is 60.8 Å². The van der Waals surface area contributed by atoms with Crippen LogP contribution < -0.4 is 20.1 Å². The highest BCUT2D eigenvalue weighted by molar-refractivity contribution is 6.23. The van der Waals surface area contributed by atoms with Crippen LogP contribution >= 0.6 is 0 Å². The Hall–Kier alpha value is -6.47. The van der Waals surface area contributed by atoms with E-state index in [0.717, 1.165) is 61.4 Å². The van der Waals surface area contributed by atoms with Crippen LogP contribution in [0.3, 0.4) is 0 Å². The van der Waals surface area contributed by atoms with Crippen molar-refractivity contribution in [2.75, 3.05) is 24.5 Å². The van der Waals surface area contributed by atoms with E-state index in [1.165, 1.54) is 4.90 Å². The van der Waals surface area contributed by atoms with E-state index in [0.29, 0.717) is 66.3 Å². The van der Waals surface area contributed by atoms with Crippen molar-refractivity contribution in [3.05, 3.63) is 83.2 Å². The predicted octanol–water partition coefficient (Wildman–Crippen LogP) is 5.04. The number of anilines is 1. The number of nitrogens with two attached hydrogens (primary N) is 1. The SMILES string of the molecule is CC(C)N(CC1CCN(c2ccc(C(N)=O)nn2)CC1)C1CC(Oc2ccc3c(c2)C(=O)N(C2CCC(=O)N(C4CCC(Oc5ccc(C#N)c6ncccc56)CC4)C2=O)C3=O)C1. The van der Waals surface area contributed by atoms with Gasteiger partial charge in [0.05, 0.1) is 28.3 Å². The van der Waals surface area contributed by atoms with Crippen molar-refractivity contribution in [2.45, 2.75) is 114 Å². The first-order valence-electron chi connectivity index (χ1n) is 22.1. The van der Waals surface area contributed by atoms with Gasteiger partial charge in [0.25, 0.3) is 23.6 Å². The van der Waals surface area contributed by atoms with E-state index in [1.807, 2.05) is 6.07 Å². The van der Waals surface area contributed by atoms with Gasteiger partial charge in [-0.15, -0.1) is 10.2 Å². The van der Waals surface area contributed by atoms with E-state index in [1.54, 1.807) is 54.7 Å². The molecule has 3 aliphatic heterocycles. The monoisotopic (exact) mass is 853 g/mol. The Morgan fingerprint density at radius 1 is 0.873 bits per heavy atom. The number of carbonyl (C=O) groups excluding carboxylic acids is 5. The number of likely N-dealkylation sites (tertiary alicyclic amines) is 1. The average molecular weight is 854 g/mol. The van der Waals surface area contributed by atoms with Crippen LogP contribution in [0.4, 0.5) is 5.82 Å². The van der Waals surface area contributed by atoms with Gasteiger partial charge in [-0.1, -0.05) is 0 Å². The molecule has 2 aromatic heterocycles. The highest BCUT2D eigenvalue weighted by Crippen LogP contribution is 2.38. The van der Waals surface area contributed by atoms with Gasteiger partial charge >= 0.3 is 0 Å². The van der Waals surface area contributed by atoms with Crippen LogP contribution in [-0.2, 0) is 9.59 Å². The molecule has 4 fully saturated rings. The van der Waals surface area contributed by atoms with Crippen LogP contribution in [0, 0.1) is 17.2 Å². The Bertz CT molecular complexity index is 2480. The van der Waals surface area contributed by atoms with Crippen molar-refractivity contribution < 1.29 is 33.4 Å². The molecular formula is C47H51N9O7.